The highest BCUT2D eigenvalue weighted by Gasteiger charge is 2.43. The average Bonchev–Trinajstić information content (AvgIpc) is 3.20. The van der Waals surface area contributed by atoms with Crippen molar-refractivity contribution >= 4 is 27.3 Å². The summed E-state index contributed by atoms with van der Waals surface area (Å²) in [6.45, 7) is 3.13. The Morgan fingerprint density at radius 3 is 2.96 bits per heavy atom. The summed E-state index contributed by atoms with van der Waals surface area (Å²) in [7, 11) is 1.72. The fourth-order valence-corrected chi connectivity index (χ4v) is 4.97. The van der Waals surface area contributed by atoms with Gasteiger partial charge in [-0.3, -0.25) is 4.79 Å². The summed E-state index contributed by atoms with van der Waals surface area (Å²) in [6.07, 6.45) is 3.34. The SMILES string of the molecule is COCC1CC2(CCN(C(=O)c3csc4ccccc34)CC2)CO1. The summed E-state index contributed by atoms with van der Waals surface area (Å²) < 4.78 is 12.3. The van der Waals surface area contributed by atoms with Gasteiger partial charge in [-0.25, -0.2) is 0 Å². The molecule has 1 atom stereocenters. The molecule has 4 rings (SSSR count). The third-order valence-corrected chi connectivity index (χ3v) is 6.42. The fraction of sp³-hybridized carbons (Fsp3) is 0.526. The third-order valence-electron chi connectivity index (χ3n) is 5.46. The molecule has 24 heavy (non-hydrogen) atoms. The van der Waals surface area contributed by atoms with Crippen LogP contribution in [0.25, 0.3) is 10.1 Å². The van der Waals surface area contributed by atoms with Gasteiger partial charge in [0.1, 0.15) is 0 Å². The third kappa shape index (κ3) is 2.85. The number of carbonyl (C=O) groups excluding carboxylic acids is 1. The molecule has 0 saturated carbocycles. The number of fused-ring (bicyclic) bond motifs is 1. The molecule has 3 heterocycles. The highest BCUT2D eigenvalue weighted by atomic mass is 32.1. The summed E-state index contributed by atoms with van der Waals surface area (Å²) in [5, 5.41) is 3.09. The summed E-state index contributed by atoms with van der Waals surface area (Å²) in [5.41, 5.74) is 1.10. The molecule has 1 spiro atoms. The van der Waals surface area contributed by atoms with Crippen molar-refractivity contribution < 1.29 is 14.3 Å². The normalized spacial score (nSPS) is 23.2. The minimum Gasteiger partial charge on any atom is -0.382 e. The molecule has 0 aliphatic carbocycles. The largest absolute Gasteiger partial charge is 0.382 e. The maximum Gasteiger partial charge on any atom is 0.255 e. The van der Waals surface area contributed by atoms with Crippen LogP contribution in [0, 0.1) is 5.41 Å². The highest BCUT2D eigenvalue weighted by molar-refractivity contribution is 7.17. The fourth-order valence-electron chi connectivity index (χ4n) is 4.03. The molecular formula is C19H23NO3S. The summed E-state index contributed by atoms with van der Waals surface area (Å²) >= 11 is 1.65. The van der Waals surface area contributed by atoms with Crippen LogP contribution in [0.2, 0.25) is 0 Å². The molecule has 0 radical (unpaired) electrons. The number of methoxy groups -OCH3 is 1. The van der Waals surface area contributed by atoms with E-state index in [1.54, 1.807) is 18.4 Å². The molecule has 2 aliphatic rings. The second kappa shape index (κ2) is 6.47. The van der Waals surface area contributed by atoms with Gasteiger partial charge in [0.15, 0.2) is 0 Å². The minimum atomic E-state index is 0.176. The van der Waals surface area contributed by atoms with Gasteiger partial charge in [0, 0.05) is 35.7 Å². The molecule has 1 amide bonds. The van der Waals surface area contributed by atoms with Crippen LogP contribution in [0.4, 0.5) is 0 Å². The van der Waals surface area contributed by atoms with Gasteiger partial charge in [-0.1, -0.05) is 18.2 Å². The molecular weight excluding hydrogens is 322 g/mol. The van der Waals surface area contributed by atoms with Crippen molar-refractivity contribution in [3.05, 3.63) is 35.2 Å². The van der Waals surface area contributed by atoms with E-state index in [4.69, 9.17) is 9.47 Å². The molecule has 2 aromatic rings. The van der Waals surface area contributed by atoms with E-state index in [-0.39, 0.29) is 17.4 Å². The topological polar surface area (TPSA) is 38.8 Å². The van der Waals surface area contributed by atoms with E-state index in [0.29, 0.717) is 6.61 Å². The van der Waals surface area contributed by atoms with Crippen molar-refractivity contribution in [1.82, 2.24) is 4.90 Å². The summed E-state index contributed by atoms with van der Waals surface area (Å²) in [5.74, 6) is 0.176. The maximum absolute atomic E-state index is 12.9. The number of hydrogen-bond acceptors (Lipinski definition) is 4. The zero-order valence-corrected chi connectivity index (χ0v) is 14.8. The van der Waals surface area contributed by atoms with E-state index in [2.05, 4.69) is 6.07 Å². The summed E-state index contributed by atoms with van der Waals surface area (Å²) in [6, 6.07) is 8.15. The van der Waals surface area contributed by atoms with Crippen molar-refractivity contribution in [3.8, 4) is 0 Å². The second-order valence-corrected chi connectivity index (χ2v) is 7.94. The monoisotopic (exact) mass is 345 g/mol. The number of amides is 1. The van der Waals surface area contributed by atoms with E-state index in [9.17, 15) is 4.79 Å². The minimum absolute atomic E-state index is 0.176. The van der Waals surface area contributed by atoms with Gasteiger partial charge >= 0.3 is 0 Å². The molecule has 2 saturated heterocycles. The Morgan fingerprint density at radius 2 is 2.17 bits per heavy atom. The highest BCUT2D eigenvalue weighted by Crippen LogP contribution is 2.42. The molecule has 4 nitrogen and oxygen atoms in total. The van der Waals surface area contributed by atoms with Crippen molar-refractivity contribution in [3.63, 3.8) is 0 Å². The first-order valence-electron chi connectivity index (χ1n) is 8.57. The van der Waals surface area contributed by atoms with Crippen LogP contribution >= 0.6 is 11.3 Å². The van der Waals surface area contributed by atoms with Gasteiger partial charge in [-0.05, 0) is 30.7 Å². The molecule has 1 aromatic carbocycles. The van der Waals surface area contributed by atoms with Crippen LogP contribution in [0.1, 0.15) is 29.6 Å². The van der Waals surface area contributed by atoms with E-state index in [0.717, 1.165) is 49.9 Å². The van der Waals surface area contributed by atoms with Gasteiger partial charge in [-0.15, -0.1) is 11.3 Å². The number of likely N-dealkylation sites (tertiary alicyclic amines) is 1. The smallest absolute Gasteiger partial charge is 0.255 e. The van der Waals surface area contributed by atoms with Crippen LogP contribution in [0.5, 0.6) is 0 Å². The standard InChI is InChI=1S/C19H23NO3S/c1-22-11-14-10-19(13-23-14)6-8-20(9-7-19)18(21)16-12-24-17-5-3-2-4-15(16)17/h2-5,12,14H,6-11,13H2,1H3. The van der Waals surface area contributed by atoms with Crippen molar-refractivity contribution in [2.75, 3.05) is 33.4 Å². The molecule has 0 bridgehead atoms. The van der Waals surface area contributed by atoms with E-state index in [1.807, 2.05) is 28.5 Å². The first-order valence-corrected chi connectivity index (χ1v) is 9.45. The summed E-state index contributed by atoms with van der Waals surface area (Å²) in [4.78, 5) is 14.9. The Bertz CT molecular complexity index is 733. The zero-order chi connectivity index (χ0) is 16.6. The van der Waals surface area contributed by atoms with Gasteiger partial charge < -0.3 is 14.4 Å². The predicted octanol–water partition coefficient (Wildman–Crippen LogP) is 3.56. The molecule has 1 aromatic heterocycles. The molecule has 2 aliphatic heterocycles. The number of thiophene rings is 1. The van der Waals surface area contributed by atoms with Crippen LogP contribution in [0.3, 0.4) is 0 Å². The number of carbonyl (C=O) groups is 1. The Hall–Kier alpha value is -1.43. The van der Waals surface area contributed by atoms with Crippen LogP contribution in [-0.2, 0) is 9.47 Å². The zero-order valence-electron chi connectivity index (χ0n) is 14.0. The van der Waals surface area contributed by atoms with Crippen LogP contribution in [0.15, 0.2) is 29.6 Å². The van der Waals surface area contributed by atoms with Gasteiger partial charge in [-0.2, -0.15) is 0 Å². The first kappa shape index (κ1) is 16.1. The predicted molar refractivity (Wildman–Crippen MR) is 95.6 cm³/mol. The molecule has 2 fully saturated rings. The number of hydrogen-bond donors (Lipinski definition) is 0. The van der Waals surface area contributed by atoms with E-state index < -0.39 is 0 Å². The van der Waals surface area contributed by atoms with Crippen molar-refractivity contribution in [2.45, 2.75) is 25.4 Å². The van der Waals surface area contributed by atoms with Gasteiger partial charge in [0.2, 0.25) is 0 Å². The quantitative estimate of drug-likeness (QED) is 0.854. The van der Waals surface area contributed by atoms with E-state index >= 15 is 0 Å². The Morgan fingerprint density at radius 1 is 1.38 bits per heavy atom. The molecule has 1 unspecified atom stereocenters. The molecule has 5 heteroatoms. The number of rotatable bonds is 3. The number of piperidine rings is 1. The Balaban J connectivity index is 1.43. The molecule has 0 N–H and O–H groups in total. The van der Waals surface area contributed by atoms with Crippen molar-refractivity contribution in [2.24, 2.45) is 5.41 Å². The number of nitrogens with zero attached hydrogens (tertiary/aromatic N) is 1. The second-order valence-electron chi connectivity index (χ2n) is 7.03. The first-order chi connectivity index (χ1) is 11.7. The van der Waals surface area contributed by atoms with Gasteiger partial charge in [0.05, 0.1) is 24.9 Å². The average molecular weight is 345 g/mol. The lowest BCUT2D eigenvalue weighted by atomic mass is 9.76. The Kier molecular flexibility index (Phi) is 4.33. The van der Waals surface area contributed by atoms with E-state index in [1.165, 1.54) is 4.70 Å². The van der Waals surface area contributed by atoms with Crippen LogP contribution in [-0.4, -0.2) is 50.3 Å². The maximum atomic E-state index is 12.9. The van der Waals surface area contributed by atoms with Crippen LogP contribution < -0.4 is 0 Å². The number of ether oxygens (including phenoxy) is 2. The lowest BCUT2D eigenvalue weighted by Crippen LogP contribution is -2.43. The lowest BCUT2D eigenvalue weighted by molar-refractivity contribution is 0.0281. The molecule has 128 valence electrons. The number of benzene rings is 1. The van der Waals surface area contributed by atoms with Crippen molar-refractivity contribution in [1.29, 1.82) is 0 Å². The Labute approximate surface area is 146 Å². The lowest BCUT2D eigenvalue weighted by Gasteiger charge is -2.38. The van der Waals surface area contributed by atoms with Gasteiger partial charge in [0.25, 0.3) is 5.91 Å².